The number of aryl methyl sites for hydroxylation is 1. The minimum absolute atomic E-state index is 0.295. The van der Waals surface area contributed by atoms with E-state index in [4.69, 9.17) is 0 Å². The van der Waals surface area contributed by atoms with Gasteiger partial charge in [0.05, 0.1) is 17.0 Å². The fourth-order valence-corrected chi connectivity index (χ4v) is 5.54. The molecule has 180 valence electrons. The number of allylic oxidation sites excluding steroid dienone is 1. The molecule has 0 atom stereocenters. The highest BCUT2D eigenvalue weighted by Gasteiger charge is 2.45. The van der Waals surface area contributed by atoms with Gasteiger partial charge in [0, 0.05) is 29.9 Å². The third-order valence-corrected chi connectivity index (χ3v) is 8.25. The number of halogens is 1. The van der Waals surface area contributed by atoms with E-state index in [1.807, 2.05) is 0 Å². The summed E-state index contributed by atoms with van der Waals surface area (Å²) < 4.78 is 27.2. The second kappa shape index (κ2) is 10.1. The highest BCUT2D eigenvalue weighted by atomic mass is 31.2. The van der Waals surface area contributed by atoms with Gasteiger partial charge >= 0.3 is 7.60 Å². The fraction of sp³-hybridized carbons (Fsp3) is 0.280. The maximum atomic E-state index is 13.3. The Balaban J connectivity index is 1.82. The van der Waals surface area contributed by atoms with E-state index in [9.17, 15) is 23.5 Å². The number of carbonyl (C=O) groups excluding carboxylic acids is 1. The van der Waals surface area contributed by atoms with E-state index in [1.165, 1.54) is 18.2 Å². The normalized spacial score (nSPS) is 12.6. The van der Waals surface area contributed by atoms with Crippen molar-refractivity contribution in [3.8, 4) is 11.3 Å². The van der Waals surface area contributed by atoms with Crippen LogP contribution in [0.4, 0.5) is 10.1 Å². The summed E-state index contributed by atoms with van der Waals surface area (Å²) in [6, 6.07) is 12.6. The van der Waals surface area contributed by atoms with Gasteiger partial charge in [-0.1, -0.05) is 26.0 Å². The molecule has 1 heterocycles. The SMILES string of the molecule is CCC(CC)(c1ccc(NC(=O)C=C(C)c2cnn(C)c2-c2ccc(F)cc2)cc1)P(=O)(O)O. The van der Waals surface area contributed by atoms with E-state index in [1.54, 1.807) is 75.1 Å². The molecule has 3 rings (SSSR count). The third-order valence-electron chi connectivity index (χ3n) is 6.25. The fourth-order valence-electron chi connectivity index (χ4n) is 4.23. The molecule has 3 N–H and O–H groups in total. The van der Waals surface area contributed by atoms with Crippen molar-refractivity contribution in [2.75, 3.05) is 5.32 Å². The van der Waals surface area contributed by atoms with Crippen LogP contribution in [-0.2, 0) is 21.6 Å². The Morgan fingerprint density at radius 2 is 1.71 bits per heavy atom. The Morgan fingerprint density at radius 1 is 1.12 bits per heavy atom. The van der Waals surface area contributed by atoms with Gasteiger partial charge in [0.2, 0.25) is 5.91 Å². The van der Waals surface area contributed by atoms with Crippen molar-refractivity contribution in [3.05, 3.63) is 77.7 Å². The Labute approximate surface area is 198 Å². The molecular formula is C25H29FN3O4P. The topological polar surface area (TPSA) is 104 Å². The largest absolute Gasteiger partial charge is 0.335 e. The maximum Gasteiger partial charge on any atom is 0.335 e. The van der Waals surface area contributed by atoms with Crippen LogP contribution < -0.4 is 5.32 Å². The molecule has 0 aliphatic heterocycles. The van der Waals surface area contributed by atoms with Crippen LogP contribution in [0.2, 0.25) is 0 Å². The van der Waals surface area contributed by atoms with Crippen molar-refractivity contribution in [1.82, 2.24) is 9.78 Å². The van der Waals surface area contributed by atoms with Crippen molar-refractivity contribution < 1.29 is 23.5 Å². The average molecular weight is 485 g/mol. The molecule has 9 heteroatoms. The number of benzene rings is 2. The highest BCUT2D eigenvalue weighted by Crippen LogP contribution is 2.60. The summed E-state index contributed by atoms with van der Waals surface area (Å²) in [7, 11) is -2.60. The molecule has 0 saturated carbocycles. The average Bonchev–Trinajstić information content (AvgIpc) is 3.17. The van der Waals surface area contributed by atoms with Gasteiger partial charge in [-0.05, 0) is 67.3 Å². The van der Waals surface area contributed by atoms with Crippen LogP contribution >= 0.6 is 7.60 Å². The first-order valence-corrected chi connectivity index (χ1v) is 12.6. The number of hydrogen-bond acceptors (Lipinski definition) is 3. The minimum atomic E-state index is -4.38. The Kier molecular flexibility index (Phi) is 7.56. The van der Waals surface area contributed by atoms with Crippen molar-refractivity contribution in [3.63, 3.8) is 0 Å². The number of aromatic nitrogens is 2. The summed E-state index contributed by atoms with van der Waals surface area (Å²) in [6.07, 6.45) is 3.70. The molecule has 2 aromatic carbocycles. The summed E-state index contributed by atoms with van der Waals surface area (Å²) in [4.78, 5) is 32.5. The van der Waals surface area contributed by atoms with Gasteiger partial charge in [0.15, 0.2) is 0 Å². The molecule has 0 aliphatic carbocycles. The number of rotatable bonds is 8. The van der Waals surface area contributed by atoms with Crippen LogP contribution in [0.25, 0.3) is 16.8 Å². The van der Waals surface area contributed by atoms with E-state index < -0.39 is 12.8 Å². The molecule has 1 amide bonds. The van der Waals surface area contributed by atoms with E-state index in [-0.39, 0.29) is 11.7 Å². The quantitative estimate of drug-likeness (QED) is 0.290. The number of hydrogen-bond donors (Lipinski definition) is 3. The smallest absolute Gasteiger partial charge is 0.324 e. The number of amides is 1. The highest BCUT2D eigenvalue weighted by molar-refractivity contribution is 7.53. The molecule has 1 aromatic heterocycles. The Morgan fingerprint density at radius 3 is 2.24 bits per heavy atom. The Bertz CT molecular complexity index is 1240. The van der Waals surface area contributed by atoms with E-state index in [2.05, 4.69) is 10.4 Å². The zero-order chi connectivity index (χ0) is 25.1. The molecule has 0 bridgehead atoms. The monoisotopic (exact) mass is 485 g/mol. The van der Waals surface area contributed by atoms with Crippen LogP contribution in [-0.4, -0.2) is 25.5 Å². The van der Waals surface area contributed by atoms with Gasteiger partial charge in [-0.3, -0.25) is 14.0 Å². The van der Waals surface area contributed by atoms with Crippen LogP contribution in [0.15, 0.2) is 60.8 Å². The van der Waals surface area contributed by atoms with Crippen LogP contribution in [0.3, 0.4) is 0 Å². The molecule has 0 unspecified atom stereocenters. The standard InChI is InChI=1S/C25H29FN3O4P/c1-5-25(6-2,34(31,32)33)19-9-13-21(14-10-19)28-23(30)15-17(3)22-16-27-29(4)24(22)18-7-11-20(26)12-8-18/h7-16H,5-6H2,1-4H3,(H,28,30)(H2,31,32,33). The van der Waals surface area contributed by atoms with Crippen molar-refractivity contribution >= 4 is 24.8 Å². The van der Waals surface area contributed by atoms with Crippen molar-refractivity contribution in [1.29, 1.82) is 0 Å². The molecule has 34 heavy (non-hydrogen) atoms. The van der Waals surface area contributed by atoms with Crippen LogP contribution in [0, 0.1) is 5.82 Å². The maximum absolute atomic E-state index is 13.3. The molecule has 0 spiro atoms. The summed E-state index contributed by atoms with van der Waals surface area (Å²) in [5.74, 6) is -0.688. The first kappa shape index (κ1) is 25.6. The van der Waals surface area contributed by atoms with Crippen LogP contribution in [0.5, 0.6) is 0 Å². The summed E-state index contributed by atoms with van der Waals surface area (Å²) >= 11 is 0. The van der Waals surface area contributed by atoms with Gasteiger partial charge in [-0.2, -0.15) is 5.10 Å². The lowest BCUT2D eigenvalue weighted by atomic mass is 9.92. The second-order valence-electron chi connectivity index (χ2n) is 8.21. The van der Waals surface area contributed by atoms with E-state index in [0.29, 0.717) is 29.7 Å². The number of nitrogens with zero attached hydrogens (tertiary/aromatic N) is 2. The lowest BCUT2D eigenvalue weighted by molar-refractivity contribution is -0.111. The lowest BCUT2D eigenvalue weighted by Crippen LogP contribution is -2.24. The second-order valence-corrected chi connectivity index (χ2v) is 10.2. The molecule has 3 aromatic rings. The van der Waals surface area contributed by atoms with Crippen molar-refractivity contribution in [2.45, 2.75) is 38.8 Å². The number of anilines is 1. The summed E-state index contributed by atoms with van der Waals surface area (Å²) in [5, 5.41) is 5.82. The predicted octanol–water partition coefficient (Wildman–Crippen LogP) is 5.46. The third kappa shape index (κ3) is 5.04. The lowest BCUT2D eigenvalue weighted by Gasteiger charge is -2.33. The minimum Gasteiger partial charge on any atom is -0.324 e. The van der Waals surface area contributed by atoms with Crippen LogP contribution in [0.1, 0.15) is 44.7 Å². The molecular weight excluding hydrogens is 456 g/mol. The molecule has 0 saturated heterocycles. The van der Waals surface area contributed by atoms with Gasteiger partial charge in [-0.15, -0.1) is 0 Å². The van der Waals surface area contributed by atoms with Gasteiger partial charge in [0.25, 0.3) is 0 Å². The van der Waals surface area contributed by atoms with E-state index >= 15 is 0 Å². The van der Waals surface area contributed by atoms with E-state index in [0.717, 1.165) is 16.8 Å². The van der Waals surface area contributed by atoms with Crippen molar-refractivity contribution in [2.24, 2.45) is 7.05 Å². The predicted molar refractivity (Wildman–Crippen MR) is 132 cm³/mol. The summed E-state index contributed by atoms with van der Waals surface area (Å²) in [6.45, 7) is 5.30. The zero-order valence-corrected chi connectivity index (χ0v) is 20.5. The zero-order valence-electron chi connectivity index (χ0n) is 19.6. The molecule has 7 nitrogen and oxygen atoms in total. The molecule has 0 fully saturated rings. The first-order valence-electron chi connectivity index (χ1n) is 11.0. The summed E-state index contributed by atoms with van der Waals surface area (Å²) in [5.41, 5.74) is 4.01. The number of carbonyl (C=O) groups is 1. The first-order chi connectivity index (χ1) is 16.0. The van der Waals surface area contributed by atoms with Gasteiger partial charge in [-0.25, -0.2) is 4.39 Å². The Hall–Kier alpha value is -3.06. The molecule has 0 aliphatic rings. The van der Waals surface area contributed by atoms with Gasteiger partial charge in [0.1, 0.15) is 5.82 Å². The molecule has 0 radical (unpaired) electrons. The van der Waals surface area contributed by atoms with Gasteiger partial charge < -0.3 is 15.1 Å². The number of nitrogens with one attached hydrogen (secondary N) is 1.